The quantitative estimate of drug-likeness (QED) is 0.474. The third-order valence-electron chi connectivity index (χ3n) is 2.08. The molecule has 0 N–H and O–H groups in total. The summed E-state index contributed by atoms with van der Waals surface area (Å²) in [7, 11) is 3.92. The number of non-ortho nitro benzene ring substituents is 1. The average molecular weight is 268 g/mol. The lowest BCUT2D eigenvalue weighted by Crippen LogP contribution is -2.14. The molecular formula is C10H10N3O2S2+. The van der Waals surface area contributed by atoms with Gasteiger partial charge >= 0.3 is 3.98 Å². The lowest BCUT2D eigenvalue weighted by molar-refractivity contribution is -0.384. The van der Waals surface area contributed by atoms with Crippen LogP contribution in [0, 0.1) is 10.1 Å². The molecule has 2 aromatic rings. The van der Waals surface area contributed by atoms with E-state index >= 15 is 0 Å². The zero-order valence-electron chi connectivity index (χ0n) is 9.28. The molecule has 1 aromatic carbocycles. The van der Waals surface area contributed by atoms with Crippen molar-refractivity contribution in [2.45, 2.75) is 0 Å². The maximum Gasteiger partial charge on any atom is 0.333 e. The molecule has 5 nitrogen and oxygen atoms in total. The van der Waals surface area contributed by atoms with Crippen LogP contribution in [0.15, 0.2) is 24.3 Å². The monoisotopic (exact) mass is 268 g/mol. The summed E-state index contributed by atoms with van der Waals surface area (Å²) in [5, 5.41) is 11.4. The van der Waals surface area contributed by atoms with Crippen LogP contribution in [0.25, 0.3) is 10.6 Å². The minimum absolute atomic E-state index is 0.0989. The van der Waals surface area contributed by atoms with Crippen LogP contribution in [0.1, 0.15) is 0 Å². The summed E-state index contributed by atoms with van der Waals surface area (Å²) in [5.41, 5.74) is 1.01. The number of nitrogens with zero attached hydrogens (tertiary/aromatic N) is 3. The van der Waals surface area contributed by atoms with Crippen LogP contribution in [-0.4, -0.2) is 23.4 Å². The minimum atomic E-state index is -0.403. The molecule has 0 saturated carbocycles. The third-order valence-corrected chi connectivity index (χ3v) is 4.53. The molecule has 1 heterocycles. The molecule has 17 heavy (non-hydrogen) atoms. The van der Waals surface area contributed by atoms with E-state index in [0.29, 0.717) is 0 Å². The number of hydrogen-bond acceptors (Lipinski definition) is 5. The van der Waals surface area contributed by atoms with Gasteiger partial charge in [0.05, 0.1) is 4.92 Å². The van der Waals surface area contributed by atoms with Crippen molar-refractivity contribution in [2.75, 3.05) is 14.1 Å². The van der Waals surface area contributed by atoms with Crippen LogP contribution < -0.4 is 8.56 Å². The van der Waals surface area contributed by atoms with Crippen molar-refractivity contribution in [3.8, 4) is 10.6 Å². The minimum Gasteiger partial charge on any atom is -0.258 e. The van der Waals surface area contributed by atoms with E-state index in [1.807, 2.05) is 18.7 Å². The SMILES string of the molecule is C[N+](C)=c1snc(-c2ccc([N+](=O)[O-])cc2)s1. The number of aromatic nitrogens is 1. The first-order valence-corrected chi connectivity index (χ1v) is 6.39. The molecule has 0 aliphatic rings. The van der Waals surface area contributed by atoms with Gasteiger partial charge in [-0.1, -0.05) is 0 Å². The second-order valence-corrected chi connectivity index (χ2v) is 5.54. The molecule has 2 rings (SSSR count). The maximum absolute atomic E-state index is 10.5. The van der Waals surface area contributed by atoms with Gasteiger partial charge in [-0.15, -0.1) is 0 Å². The van der Waals surface area contributed by atoms with Crippen molar-refractivity contribution in [3.05, 3.63) is 38.4 Å². The topological polar surface area (TPSA) is 59.0 Å². The Morgan fingerprint density at radius 1 is 1.24 bits per heavy atom. The van der Waals surface area contributed by atoms with Gasteiger partial charge in [-0.2, -0.15) is 4.37 Å². The first kappa shape index (κ1) is 11.9. The van der Waals surface area contributed by atoms with Crippen LogP contribution in [0.3, 0.4) is 0 Å². The number of benzene rings is 1. The Labute approximate surface area is 106 Å². The summed E-state index contributed by atoms with van der Waals surface area (Å²) < 4.78 is 7.42. The van der Waals surface area contributed by atoms with E-state index in [-0.39, 0.29) is 5.69 Å². The highest BCUT2D eigenvalue weighted by atomic mass is 32.2. The molecule has 0 unspecified atom stereocenters. The van der Waals surface area contributed by atoms with Crippen molar-refractivity contribution in [2.24, 2.45) is 0 Å². The summed E-state index contributed by atoms with van der Waals surface area (Å²) >= 11 is 3.00. The maximum atomic E-state index is 10.5. The van der Waals surface area contributed by atoms with E-state index < -0.39 is 4.92 Å². The standard InChI is InChI=1S/C10H10N3O2S2/c1-12(2)10-16-9(11-17-10)7-3-5-8(6-4-7)13(14)15/h3-6H,1-2H3/q+1. The molecule has 1 aromatic heterocycles. The Balaban J connectivity index is 2.40. The summed E-state index contributed by atoms with van der Waals surface area (Å²) in [6, 6.07) is 6.44. The Hall–Kier alpha value is -1.60. The van der Waals surface area contributed by atoms with Gasteiger partial charge in [-0.05, 0) is 23.5 Å². The molecule has 0 aliphatic carbocycles. The first-order valence-electron chi connectivity index (χ1n) is 4.80. The Kier molecular flexibility index (Phi) is 3.30. The highest BCUT2D eigenvalue weighted by molar-refractivity contribution is 7.25. The predicted molar refractivity (Wildman–Crippen MR) is 69.2 cm³/mol. The average Bonchev–Trinajstić information content (AvgIpc) is 2.78. The van der Waals surface area contributed by atoms with Gasteiger partial charge in [0.25, 0.3) is 5.69 Å². The van der Waals surface area contributed by atoms with E-state index in [0.717, 1.165) is 14.6 Å². The fourth-order valence-corrected chi connectivity index (χ4v) is 3.00. The van der Waals surface area contributed by atoms with E-state index in [1.165, 1.54) is 23.7 Å². The van der Waals surface area contributed by atoms with Crippen LogP contribution in [0.4, 0.5) is 5.69 Å². The normalized spacial score (nSPS) is 10.2. The fourth-order valence-electron chi connectivity index (χ4n) is 1.21. The molecule has 88 valence electrons. The second kappa shape index (κ2) is 4.72. The van der Waals surface area contributed by atoms with Crippen LogP contribution in [0.2, 0.25) is 0 Å². The first-order chi connectivity index (χ1) is 8.08. The van der Waals surface area contributed by atoms with Crippen molar-refractivity contribution in [1.82, 2.24) is 8.95 Å². The molecule has 7 heteroatoms. The van der Waals surface area contributed by atoms with Crippen molar-refractivity contribution in [3.63, 3.8) is 0 Å². The van der Waals surface area contributed by atoms with Crippen LogP contribution >= 0.6 is 22.9 Å². The smallest absolute Gasteiger partial charge is 0.258 e. The summed E-state index contributed by atoms with van der Waals surface area (Å²) in [5.74, 6) is 0. The molecule has 0 radical (unpaired) electrons. The molecule has 0 spiro atoms. The molecule has 0 saturated heterocycles. The fraction of sp³-hybridized carbons (Fsp3) is 0.200. The van der Waals surface area contributed by atoms with Crippen LogP contribution in [-0.2, 0) is 0 Å². The third kappa shape index (κ3) is 2.56. The van der Waals surface area contributed by atoms with Gasteiger partial charge < -0.3 is 0 Å². The Bertz CT molecular complexity index is 609. The summed E-state index contributed by atoms with van der Waals surface area (Å²) in [4.78, 5) is 10.1. The number of rotatable bonds is 2. The van der Waals surface area contributed by atoms with E-state index in [2.05, 4.69) is 4.37 Å². The zero-order chi connectivity index (χ0) is 12.4. The highest BCUT2D eigenvalue weighted by Crippen LogP contribution is 2.23. The van der Waals surface area contributed by atoms with Gasteiger partial charge in [0, 0.05) is 29.2 Å². The lowest BCUT2D eigenvalue weighted by Gasteiger charge is -1.94. The molecule has 0 aliphatic heterocycles. The van der Waals surface area contributed by atoms with Crippen molar-refractivity contribution in [1.29, 1.82) is 0 Å². The molecule has 0 atom stereocenters. The second-order valence-electron chi connectivity index (χ2n) is 3.55. The summed E-state index contributed by atoms with van der Waals surface area (Å²) in [6.07, 6.45) is 0. The van der Waals surface area contributed by atoms with Gasteiger partial charge in [0.15, 0.2) is 0 Å². The van der Waals surface area contributed by atoms with E-state index in [1.54, 1.807) is 23.5 Å². The highest BCUT2D eigenvalue weighted by Gasteiger charge is 2.09. The van der Waals surface area contributed by atoms with E-state index in [4.69, 9.17) is 0 Å². The van der Waals surface area contributed by atoms with Gasteiger partial charge in [0.1, 0.15) is 19.1 Å². The predicted octanol–water partition coefficient (Wildman–Crippen LogP) is 1.81. The number of nitro groups is 1. The van der Waals surface area contributed by atoms with Gasteiger partial charge in [0.2, 0.25) is 0 Å². The molecule has 0 fully saturated rings. The Morgan fingerprint density at radius 3 is 2.35 bits per heavy atom. The lowest BCUT2D eigenvalue weighted by atomic mass is 10.2. The van der Waals surface area contributed by atoms with Crippen molar-refractivity contribution >= 4 is 28.6 Å². The molecular weight excluding hydrogens is 258 g/mol. The summed E-state index contributed by atoms with van der Waals surface area (Å²) in [6.45, 7) is 0. The van der Waals surface area contributed by atoms with E-state index in [9.17, 15) is 10.1 Å². The Morgan fingerprint density at radius 2 is 1.88 bits per heavy atom. The number of hydrogen-bond donors (Lipinski definition) is 0. The van der Waals surface area contributed by atoms with Crippen LogP contribution in [0.5, 0.6) is 0 Å². The number of nitro benzene ring substituents is 1. The zero-order valence-corrected chi connectivity index (χ0v) is 10.9. The molecule has 0 amide bonds. The largest absolute Gasteiger partial charge is 0.333 e. The van der Waals surface area contributed by atoms with Gasteiger partial charge in [-0.25, -0.2) is 4.58 Å². The van der Waals surface area contributed by atoms with Crippen molar-refractivity contribution < 1.29 is 4.92 Å². The van der Waals surface area contributed by atoms with Gasteiger partial charge in [-0.3, -0.25) is 10.1 Å². The molecule has 0 bridgehead atoms.